The van der Waals surface area contributed by atoms with Crippen LogP contribution in [0.3, 0.4) is 0 Å². The lowest BCUT2D eigenvalue weighted by atomic mass is 10.2. The highest BCUT2D eigenvalue weighted by atomic mass is 35.5. The molecule has 0 amide bonds. The number of hydrogen-bond acceptors (Lipinski definition) is 4. The highest BCUT2D eigenvalue weighted by Crippen LogP contribution is 2.22. The van der Waals surface area contributed by atoms with Crippen molar-refractivity contribution in [3.8, 4) is 0 Å². The van der Waals surface area contributed by atoms with Crippen molar-refractivity contribution in [3.05, 3.63) is 52.8 Å². The normalized spacial score (nSPS) is 11.1. The molecule has 0 saturated heterocycles. The van der Waals surface area contributed by atoms with Crippen molar-refractivity contribution in [2.45, 2.75) is 11.8 Å². The van der Waals surface area contributed by atoms with E-state index in [9.17, 15) is 13.2 Å². The molecule has 0 aliphatic carbocycles. The van der Waals surface area contributed by atoms with Gasteiger partial charge in [0.05, 0.1) is 16.8 Å². The van der Waals surface area contributed by atoms with Crippen LogP contribution in [0.25, 0.3) is 0 Å². The van der Waals surface area contributed by atoms with Gasteiger partial charge in [0.2, 0.25) is 0 Å². The van der Waals surface area contributed by atoms with Gasteiger partial charge in [0.15, 0.2) is 0 Å². The van der Waals surface area contributed by atoms with Crippen LogP contribution in [0.2, 0.25) is 5.02 Å². The summed E-state index contributed by atoms with van der Waals surface area (Å²) in [6.07, 6.45) is 1.14. The molecule has 6 nitrogen and oxygen atoms in total. The lowest BCUT2D eigenvalue weighted by molar-refractivity contribution is 0.0690. The number of pyridine rings is 1. The maximum Gasteiger partial charge on any atom is 0.354 e. The van der Waals surface area contributed by atoms with Crippen molar-refractivity contribution in [1.82, 2.24) is 4.98 Å². The van der Waals surface area contributed by atoms with Gasteiger partial charge in [0.1, 0.15) is 5.69 Å². The van der Waals surface area contributed by atoms with E-state index in [1.54, 1.807) is 19.1 Å². The van der Waals surface area contributed by atoms with Crippen molar-refractivity contribution in [2.75, 3.05) is 4.72 Å². The van der Waals surface area contributed by atoms with Crippen molar-refractivity contribution in [3.63, 3.8) is 0 Å². The van der Waals surface area contributed by atoms with Crippen molar-refractivity contribution in [2.24, 2.45) is 0 Å². The minimum Gasteiger partial charge on any atom is -0.477 e. The fourth-order valence-electron chi connectivity index (χ4n) is 1.65. The zero-order valence-corrected chi connectivity index (χ0v) is 12.4. The number of nitrogens with one attached hydrogen (secondary N) is 1. The molecule has 2 aromatic rings. The molecule has 0 aliphatic rings. The van der Waals surface area contributed by atoms with Crippen LogP contribution in [-0.2, 0) is 10.0 Å². The van der Waals surface area contributed by atoms with Gasteiger partial charge in [0.25, 0.3) is 10.0 Å². The maximum absolute atomic E-state index is 12.3. The number of halogens is 1. The van der Waals surface area contributed by atoms with E-state index in [0.29, 0.717) is 10.6 Å². The van der Waals surface area contributed by atoms with Gasteiger partial charge in [-0.1, -0.05) is 17.7 Å². The van der Waals surface area contributed by atoms with Gasteiger partial charge in [0, 0.05) is 5.02 Å². The Bertz CT molecular complexity index is 788. The summed E-state index contributed by atoms with van der Waals surface area (Å²) in [7, 11) is -3.82. The maximum atomic E-state index is 12.3. The monoisotopic (exact) mass is 326 g/mol. The lowest BCUT2D eigenvalue weighted by Crippen LogP contribution is -2.14. The van der Waals surface area contributed by atoms with Crippen LogP contribution in [0.5, 0.6) is 0 Å². The molecular formula is C13H11ClN2O4S. The third kappa shape index (κ3) is 3.50. The second-order valence-corrected chi connectivity index (χ2v) is 6.34. The number of rotatable bonds is 4. The summed E-state index contributed by atoms with van der Waals surface area (Å²) < 4.78 is 26.9. The Morgan fingerprint density at radius 1 is 1.29 bits per heavy atom. The number of aromatic nitrogens is 1. The summed E-state index contributed by atoms with van der Waals surface area (Å²) in [5.74, 6) is -1.19. The fourth-order valence-corrected chi connectivity index (χ4v) is 3.21. The Hall–Kier alpha value is -2.12. The SMILES string of the molecule is Cc1ccc(Cl)cc1S(=O)(=O)Nc1ccc(C(=O)O)nc1. The second-order valence-electron chi connectivity index (χ2n) is 4.25. The topological polar surface area (TPSA) is 96.4 Å². The molecule has 21 heavy (non-hydrogen) atoms. The third-order valence-corrected chi connectivity index (χ3v) is 4.43. The van der Waals surface area contributed by atoms with E-state index in [-0.39, 0.29) is 16.3 Å². The van der Waals surface area contributed by atoms with E-state index in [0.717, 1.165) is 6.20 Å². The Labute approximate surface area is 126 Å². The molecule has 2 rings (SSSR count). The van der Waals surface area contributed by atoms with Crippen LogP contribution in [-0.4, -0.2) is 24.5 Å². The first-order valence-electron chi connectivity index (χ1n) is 5.78. The molecule has 8 heteroatoms. The number of carbonyl (C=O) groups is 1. The molecule has 0 saturated carbocycles. The number of hydrogen-bond donors (Lipinski definition) is 2. The van der Waals surface area contributed by atoms with Crippen LogP contribution >= 0.6 is 11.6 Å². The smallest absolute Gasteiger partial charge is 0.354 e. The molecule has 0 radical (unpaired) electrons. The minimum atomic E-state index is -3.82. The first-order chi connectivity index (χ1) is 9.79. The summed E-state index contributed by atoms with van der Waals surface area (Å²) in [5, 5.41) is 9.04. The molecule has 0 fully saturated rings. The Balaban J connectivity index is 2.33. The summed E-state index contributed by atoms with van der Waals surface area (Å²) in [4.78, 5) is 14.4. The van der Waals surface area contributed by atoms with E-state index in [1.807, 2.05) is 0 Å². The van der Waals surface area contributed by atoms with Gasteiger partial charge in [-0.15, -0.1) is 0 Å². The molecule has 1 aromatic carbocycles. The number of carboxylic acid groups (broad SMARTS) is 1. The van der Waals surface area contributed by atoms with Gasteiger partial charge in [-0.05, 0) is 36.8 Å². The molecule has 110 valence electrons. The Kier molecular flexibility index (Phi) is 4.15. The first kappa shape index (κ1) is 15.3. The van der Waals surface area contributed by atoms with Crippen molar-refractivity contribution in [1.29, 1.82) is 0 Å². The molecular weight excluding hydrogens is 316 g/mol. The van der Waals surface area contributed by atoms with Crippen LogP contribution in [0.15, 0.2) is 41.4 Å². The van der Waals surface area contributed by atoms with Gasteiger partial charge in [-0.2, -0.15) is 0 Å². The van der Waals surface area contributed by atoms with E-state index < -0.39 is 16.0 Å². The molecule has 0 spiro atoms. The third-order valence-electron chi connectivity index (χ3n) is 2.67. The van der Waals surface area contributed by atoms with Gasteiger partial charge < -0.3 is 5.11 Å². The molecule has 2 N–H and O–H groups in total. The second kappa shape index (κ2) is 5.71. The summed E-state index contributed by atoms with van der Waals surface area (Å²) in [6, 6.07) is 7.08. The highest BCUT2D eigenvalue weighted by Gasteiger charge is 2.18. The first-order valence-corrected chi connectivity index (χ1v) is 7.64. The molecule has 0 unspecified atom stereocenters. The van der Waals surface area contributed by atoms with Crippen LogP contribution in [0.4, 0.5) is 5.69 Å². The van der Waals surface area contributed by atoms with Crippen LogP contribution in [0.1, 0.15) is 16.1 Å². The van der Waals surface area contributed by atoms with Gasteiger partial charge in [-0.25, -0.2) is 18.2 Å². The number of aromatic carboxylic acids is 1. The lowest BCUT2D eigenvalue weighted by Gasteiger charge is -2.10. The summed E-state index contributed by atoms with van der Waals surface area (Å²) >= 11 is 5.81. The zero-order chi connectivity index (χ0) is 15.6. The van der Waals surface area contributed by atoms with Crippen molar-refractivity contribution >= 4 is 33.3 Å². The van der Waals surface area contributed by atoms with Gasteiger partial charge >= 0.3 is 5.97 Å². The number of carboxylic acids is 1. The average Bonchev–Trinajstić information content (AvgIpc) is 2.41. The zero-order valence-electron chi connectivity index (χ0n) is 10.9. The number of nitrogens with zero attached hydrogens (tertiary/aromatic N) is 1. The van der Waals surface area contributed by atoms with E-state index in [2.05, 4.69) is 9.71 Å². The predicted molar refractivity (Wildman–Crippen MR) is 78.2 cm³/mol. The minimum absolute atomic E-state index is 0.0531. The van der Waals surface area contributed by atoms with E-state index in [4.69, 9.17) is 16.7 Å². The van der Waals surface area contributed by atoms with Crippen LogP contribution < -0.4 is 4.72 Å². The highest BCUT2D eigenvalue weighted by molar-refractivity contribution is 7.92. The summed E-state index contributed by atoms with van der Waals surface area (Å²) in [6.45, 7) is 1.65. The number of anilines is 1. The number of benzene rings is 1. The predicted octanol–water partition coefficient (Wildman–Crippen LogP) is 2.54. The Morgan fingerprint density at radius 3 is 2.57 bits per heavy atom. The fraction of sp³-hybridized carbons (Fsp3) is 0.0769. The molecule has 1 aromatic heterocycles. The number of sulfonamides is 1. The van der Waals surface area contributed by atoms with Crippen LogP contribution in [0, 0.1) is 6.92 Å². The molecule has 0 aliphatic heterocycles. The van der Waals surface area contributed by atoms with E-state index in [1.165, 1.54) is 18.2 Å². The Morgan fingerprint density at radius 2 is 2.00 bits per heavy atom. The molecule has 1 heterocycles. The van der Waals surface area contributed by atoms with E-state index >= 15 is 0 Å². The summed E-state index contributed by atoms with van der Waals surface area (Å²) in [5.41, 5.74) is 0.540. The molecule has 0 bridgehead atoms. The molecule has 0 atom stereocenters. The average molecular weight is 327 g/mol. The number of aryl methyl sites for hydroxylation is 1. The van der Waals surface area contributed by atoms with Gasteiger partial charge in [-0.3, -0.25) is 4.72 Å². The quantitative estimate of drug-likeness (QED) is 0.900. The largest absolute Gasteiger partial charge is 0.477 e. The van der Waals surface area contributed by atoms with Crippen molar-refractivity contribution < 1.29 is 18.3 Å². The standard InChI is InChI=1S/C13H11ClN2O4S/c1-8-2-3-9(14)6-12(8)21(19,20)16-10-4-5-11(13(17)18)15-7-10/h2-7,16H,1H3,(H,17,18).